The third-order valence-electron chi connectivity index (χ3n) is 2.99. The van der Waals surface area contributed by atoms with Crippen LogP contribution in [0, 0.1) is 6.92 Å². The Balaban J connectivity index is 1.80. The van der Waals surface area contributed by atoms with Crippen molar-refractivity contribution in [2.75, 3.05) is 5.32 Å². The minimum atomic E-state index is 0.559. The molecule has 0 spiro atoms. The standard InChI is InChI=1S/C12H15N7/c1-3-18-8-14-16-11(18)7-13-12-15-10-6-4-5-9(2)19(10)17-12/h4-6,8H,3,7H2,1-2H3,(H,13,17). The molecule has 0 atom stereocenters. The van der Waals surface area contributed by atoms with E-state index in [-0.39, 0.29) is 0 Å². The van der Waals surface area contributed by atoms with Crippen molar-refractivity contribution in [3.05, 3.63) is 36.0 Å². The number of rotatable bonds is 4. The molecule has 1 N–H and O–H groups in total. The van der Waals surface area contributed by atoms with Gasteiger partial charge in [-0.1, -0.05) is 6.07 Å². The van der Waals surface area contributed by atoms with E-state index < -0.39 is 0 Å². The molecule has 0 amide bonds. The lowest BCUT2D eigenvalue weighted by Crippen LogP contribution is -2.08. The average molecular weight is 257 g/mol. The molecule has 0 unspecified atom stereocenters. The fraction of sp³-hybridized carbons (Fsp3) is 0.333. The first-order valence-electron chi connectivity index (χ1n) is 6.21. The lowest BCUT2D eigenvalue weighted by molar-refractivity contribution is 0.706. The number of fused-ring (bicyclic) bond motifs is 1. The second kappa shape index (κ2) is 4.68. The van der Waals surface area contributed by atoms with Gasteiger partial charge in [0.25, 0.3) is 0 Å². The maximum atomic E-state index is 4.41. The molecule has 0 radical (unpaired) electrons. The van der Waals surface area contributed by atoms with E-state index in [1.807, 2.05) is 34.2 Å². The molecular weight excluding hydrogens is 242 g/mol. The number of nitrogens with one attached hydrogen (secondary N) is 1. The third-order valence-corrected chi connectivity index (χ3v) is 2.99. The highest BCUT2D eigenvalue weighted by molar-refractivity contribution is 5.44. The van der Waals surface area contributed by atoms with Crippen LogP contribution in [0.25, 0.3) is 5.65 Å². The van der Waals surface area contributed by atoms with Crippen LogP contribution in [-0.2, 0) is 13.1 Å². The summed E-state index contributed by atoms with van der Waals surface area (Å²) in [6, 6.07) is 5.90. The SMILES string of the molecule is CCn1cnnc1CNc1nc2cccc(C)n2n1. The quantitative estimate of drug-likeness (QED) is 0.761. The Morgan fingerprint density at radius 3 is 3.00 bits per heavy atom. The predicted octanol–water partition coefficient (Wildman–Crippen LogP) is 1.26. The lowest BCUT2D eigenvalue weighted by Gasteiger charge is -2.02. The van der Waals surface area contributed by atoms with Crippen LogP contribution in [-0.4, -0.2) is 29.4 Å². The molecule has 3 aromatic heterocycles. The van der Waals surface area contributed by atoms with Crippen LogP contribution in [0.2, 0.25) is 0 Å². The van der Waals surface area contributed by atoms with Gasteiger partial charge in [0.05, 0.1) is 6.54 Å². The molecule has 0 fully saturated rings. The summed E-state index contributed by atoms with van der Waals surface area (Å²) in [5.74, 6) is 1.47. The topological polar surface area (TPSA) is 72.9 Å². The van der Waals surface area contributed by atoms with Gasteiger partial charge in [0.2, 0.25) is 5.95 Å². The van der Waals surface area contributed by atoms with E-state index >= 15 is 0 Å². The van der Waals surface area contributed by atoms with Gasteiger partial charge >= 0.3 is 0 Å². The summed E-state index contributed by atoms with van der Waals surface area (Å²) < 4.78 is 3.79. The summed E-state index contributed by atoms with van der Waals surface area (Å²) in [4.78, 5) is 4.41. The van der Waals surface area contributed by atoms with Crippen molar-refractivity contribution in [1.82, 2.24) is 29.4 Å². The Morgan fingerprint density at radius 1 is 1.32 bits per heavy atom. The van der Waals surface area contributed by atoms with E-state index in [0.29, 0.717) is 12.5 Å². The molecule has 0 bridgehead atoms. The van der Waals surface area contributed by atoms with Gasteiger partial charge in [-0.15, -0.1) is 15.3 Å². The first-order chi connectivity index (χ1) is 9.28. The number of pyridine rings is 1. The van der Waals surface area contributed by atoms with Crippen LogP contribution in [0.1, 0.15) is 18.4 Å². The molecular formula is C12H15N7. The first kappa shape index (κ1) is 11.6. The average Bonchev–Trinajstić information content (AvgIpc) is 3.02. The fourth-order valence-electron chi connectivity index (χ4n) is 1.95. The largest absolute Gasteiger partial charge is 0.346 e. The highest BCUT2D eigenvalue weighted by Gasteiger charge is 2.07. The van der Waals surface area contributed by atoms with Crippen molar-refractivity contribution in [2.45, 2.75) is 26.9 Å². The number of anilines is 1. The minimum Gasteiger partial charge on any atom is -0.346 e. The predicted molar refractivity (Wildman–Crippen MR) is 70.7 cm³/mol. The van der Waals surface area contributed by atoms with Crippen LogP contribution >= 0.6 is 0 Å². The molecule has 7 heteroatoms. The zero-order chi connectivity index (χ0) is 13.2. The smallest absolute Gasteiger partial charge is 0.243 e. The van der Waals surface area contributed by atoms with Crippen molar-refractivity contribution in [2.24, 2.45) is 0 Å². The number of aryl methyl sites for hydroxylation is 2. The molecule has 0 aromatic carbocycles. The summed E-state index contributed by atoms with van der Waals surface area (Å²) in [6.45, 7) is 5.46. The van der Waals surface area contributed by atoms with E-state index in [2.05, 4.69) is 32.5 Å². The summed E-state index contributed by atoms with van der Waals surface area (Å²) in [5.41, 5.74) is 1.88. The summed E-state index contributed by atoms with van der Waals surface area (Å²) in [5, 5.41) is 15.5. The van der Waals surface area contributed by atoms with Gasteiger partial charge in [0.1, 0.15) is 6.33 Å². The van der Waals surface area contributed by atoms with Crippen molar-refractivity contribution in [3.63, 3.8) is 0 Å². The van der Waals surface area contributed by atoms with Crippen molar-refractivity contribution >= 4 is 11.6 Å². The molecule has 0 aliphatic carbocycles. The molecule has 0 saturated heterocycles. The van der Waals surface area contributed by atoms with E-state index in [4.69, 9.17) is 0 Å². The van der Waals surface area contributed by atoms with Crippen LogP contribution in [0.4, 0.5) is 5.95 Å². The molecule has 0 aliphatic rings. The van der Waals surface area contributed by atoms with Gasteiger partial charge in [0, 0.05) is 12.2 Å². The summed E-state index contributed by atoms with van der Waals surface area (Å²) in [7, 11) is 0. The summed E-state index contributed by atoms with van der Waals surface area (Å²) >= 11 is 0. The van der Waals surface area contributed by atoms with Gasteiger partial charge < -0.3 is 9.88 Å². The van der Waals surface area contributed by atoms with Crippen LogP contribution in [0.15, 0.2) is 24.5 Å². The van der Waals surface area contributed by atoms with Gasteiger partial charge in [-0.25, -0.2) is 4.52 Å². The van der Waals surface area contributed by atoms with Crippen molar-refractivity contribution < 1.29 is 0 Å². The maximum absolute atomic E-state index is 4.41. The van der Waals surface area contributed by atoms with Gasteiger partial charge in [0.15, 0.2) is 11.5 Å². The minimum absolute atomic E-state index is 0.559. The summed E-state index contributed by atoms with van der Waals surface area (Å²) in [6.07, 6.45) is 1.72. The molecule has 7 nitrogen and oxygen atoms in total. The third kappa shape index (κ3) is 2.14. The van der Waals surface area contributed by atoms with Crippen molar-refractivity contribution in [3.8, 4) is 0 Å². The highest BCUT2D eigenvalue weighted by atomic mass is 15.4. The van der Waals surface area contributed by atoms with Crippen LogP contribution in [0.5, 0.6) is 0 Å². The molecule has 19 heavy (non-hydrogen) atoms. The van der Waals surface area contributed by atoms with E-state index in [1.165, 1.54) is 0 Å². The fourth-order valence-corrected chi connectivity index (χ4v) is 1.95. The number of nitrogens with zero attached hydrogens (tertiary/aromatic N) is 6. The monoisotopic (exact) mass is 257 g/mol. The molecule has 0 aliphatic heterocycles. The zero-order valence-electron chi connectivity index (χ0n) is 10.9. The van der Waals surface area contributed by atoms with Crippen LogP contribution < -0.4 is 5.32 Å². The Labute approximate surface area is 110 Å². The van der Waals surface area contributed by atoms with Crippen LogP contribution in [0.3, 0.4) is 0 Å². The molecule has 3 heterocycles. The second-order valence-electron chi connectivity index (χ2n) is 4.26. The lowest BCUT2D eigenvalue weighted by atomic mass is 10.4. The van der Waals surface area contributed by atoms with Gasteiger partial charge in [-0.05, 0) is 26.0 Å². The Hall–Kier alpha value is -2.44. The Morgan fingerprint density at radius 2 is 2.21 bits per heavy atom. The van der Waals surface area contributed by atoms with E-state index in [0.717, 1.165) is 23.7 Å². The molecule has 0 saturated carbocycles. The van der Waals surface area contributed by atoms with Crippen molar-refractivity contribution in [1.29, 1.82) is 0 Å². The molecule has 98 valence electrons. The first-order valence-corrected chi connectivity index (χ1v) is 6.21. The Bertz CT molecular complexity index is 697. The molecule has 3 rings (SSSR count). The normalized spacial score (nSPS) is 11.1. The van der Waals surface area contributed by atoms with E-state index in [9.17, 15) is 0 Å². The number of aromatic nitrogens is 6. The van der Waals surface area contributed by atoms with Gasteiger partial charge in [-0.2, -0.15) is 4.98 Å². The molecule has 3 aromatic rings. The Kier molecular flexibility index (Phi) is 2.86. The second-order valence-corrected chi connectivity index (χ2v) is 4.26. The highest BCUT2D eigenvalue weighted by Crippen LogP contribution is 2.08. The number of hydrogen-bond donors (Lipinski definition) is 1. The maximum Gasteiger partial charge on any atom is 0.243 e. The zero-order valence-corrected chi connectivity index (χ0v) is 10.9. The van der Waals surface area contributed by atoms with Gasteiger partial charge in [-0.3, -0.25) is 0 Å². The van der Waals surface area contributed by atoms with E-state index in [1.54, 1.807) is 6.33 Å². The number of hydrogen-bond acceptors (Lipinski definition) is 5.